The van der Waals surface area contributed by atoms with E-state index in [2.05, 4.69) is 71.2 Å². The number of rotatable bonds is 5. The Bertz CT molecular complexity index is 1510. The molecule has 0 saturated heterocycles. The van der Waals surface area contributed by atoms with Crippen molar-refractivity contribution in [2.24, 2.45) is 0 Å². The summed E-state index contributed by atoms with van der Waals surface area (Å²) in [5.74, 6) is 1.19. The monoisotopic (exact) mass is 619 g/mol. The number of methoxy groups -OCH3 is 1. The lowest BCUT2D eigenvalue weighted by molar-refractivity contribution is -0.116. The number of carbonyl (C=O) groups is 2. The van der Waals surface area contributed by atoms with Crippen LogP contribution >= 0.6 is 22.6 Å². The molecule has 3 aromatic rings. The summed E-state index contributed by atoms with van der Waals surface area (Å²) in [6.45, 7) is 2.51. The van der Waals surface area contributed by atoms with Gasteiger partial charge in [0, 0.05) is 46.9 Å². The number of benzene rings is 3. The van der Waals surface area contributed by atoms with E-state index in [1.54, 1.807) is 7.11 Å². The van der Waals surface area contributed by atoms with E-state index in [0.29, 0.717) is 30.9 Å². The molecule has 0 unspecified atom stereocenters. The van der Waals surface area contributed by atoms with Crippen molar-refractivity contribution in [3.05, 3.63) is 91.3 Å². The first-order chi connectivity index (χ1) is 18.5. The van der Waals surface area contributed by atoms with Crippen molar-refractivity contribution in [3.63, 3.8) is 0 Å². The van der Waals surface area contributed by atoms with Crippen LogP contribution in [0.4, 0.5) is 0 Å². The lowest BCUT2D eigenvalue weighted by Gasteiger charge is -2.37. The van der Waals surface area contributed by atoms with Gasteiger partial charge in [-0.05, 0) is 89.2 Å². The van der Waals surface area contributed by atoms with Gasteiger partial charge in [0.2, 0.25) is 0 Å². The van der Waals surface area contributed by atoms with Crippen molar-refractivity contribution in [2.45, 2.75) is 58.0 Å². The van der Waals surface area contributed by atoms with Gasteiger partial charge in [0.1, 0.15) is 6.61 Å². The topological polar surface area (TPSA) is 64.6 Å². The zero-order chi connectivity index (χ0) is 26.4. The summed E-state index contributed by atoms with van der Waals surface area (Å²) in [5.41, 5.74) is 6.71. The molecule has 38 heavy (non-hydrogen) atoms. The minimum Gasteiger partial charge on any atom is -0.493 e. The second-order valence-electron chi connectivity index (χ2n) is 10.3. The van der Waals surface area contributed by atoms with E-state index in [0.717, 1.165) is 62.9 Å². The van der Waals surface area contributed by atoms with Crippen molar-refractivity contribution in [3.8, 4) is 11.5 Å². The van der Waals surface area contributed by atoms with Gasteiger partial charge in [-0.15, -0.1) is 0 Å². The fourth-order valence-electron chi connectivity index (χ4n) is 6.14. The number of carbonyl (C=O) groups excluding carboxylic acids is 2. The maximum Gasteiger partial charge on any atom is 0.174 e. The summed E-state index contributed by atoms with van der Waals surface area (Å²) in [5, 5.41) is 5.85. The van der Waals surface area contributed by atoms with Gasteiger partial charge in [-0.2, -0.15) is 0 Å². The molecular formula is C32H30INO4. The Balaban J connectivity index is 1.41. The molecule has 0 saturated carbocycles. The molecule has 2 aliphatic carbocycles. The molecule has 0 aromatic heterocycles. The van der Waals surface area contributed by atoms with Crippen LogP contribution in [0, 0.1) is 10.5 Å². The number of aryl methyl sites for hydroxylation is 1. The van der Waals surface area contributed by atoms with Crippen molar-refractivity contribution in [1.29, 1.82) is 0 Å². The third-order valence-corrected chi connectivity index (χ3v) is 8.81. The highest BCUT2D eigenvalue weighted by atomic mass is 127. The zero-order valence-electron chi connectivity index (χ0n) is 21.7. The summed E-state index contributed by atoms with van der Waals surface area (Å²) >= 11 is 2.28. The summed E-state index contributed by atoms with van der Waals surface area (Å²) in [6.07, 6.45) is 4.40. The van der Waals surface area contributed by atoms with Crippen LogP contribution in [0.5, 0.6) is 11.5 Å². The highest BCUT2D eigenvalue weighted by Crippen LogP contribution is 2.47. The van der Waals surface area contributed by atoms with Crippen molar-refractivity contribution >= 4 is 44.9 Å². The van der Waals surface area contributed by atoms with E-state index >= 15 is 0 Å². The molecule has 0 spiro atoms. The molecular weight excluding hydrogens is 589 g/mol. The van der Waals surface area contributed by atoms with Crippen LogP contribution in [0.3, 0.4) is 0 Å². The second kappa shape index (κ2) is 10.2. The Kier molecular flexibility index (Phi) is 6.76. The summed E-state index contributed by atoms with van der Waals surface area (Å²) in [7, 11) is 1.64. The molecule has 6 heteroatoms. The number of hydrogen-bond acceptors (Lipinski definition) is 5. The van der Waals surface area contributed by atoms with Crippen molar-refractivity contribution in [2.75, 3.05) is 7.11 Å². The Morgan fingerprint density at radius 2 is 1.61 bits per heavy atom. The first-order valence-electron chi connectivity index (χ1n) is 13.2. The van der Waals surface area contributed by atoms with E-state index in [1.165, 1.54) is 16.3 Å². The van der Waals surface area contributed by atoms with Gasteiger partial charge in [0.05, 0.1) is 10.7 Å². The maximum atomic E-state index is 13.2. The highest BCUT2D eigenvalue weighted by molar-refractivity contribution is 14.1. The average Bonchev–Trinajstić information content (AvgIpc) is 2.92. The molecule has 6 rings (SSSR count). The number of ketones is 2. The number of ether oxygens (including phenoxy) is 2. The van der Waals surface area contributed by atoms with Crippen LogP contribution in [-0.4, -0.2) is 18.7 Å². The van der Waals surface area contributed by atoms with E-state index in [-0.39, 0.29) is 17.5 Å². The van der Waals surface area contributed by atoms with Gasteiger partial charge < -0.3 is 14.8 Å². The quantitative estimate of drug-likeness (QED) is 0.311. The highest BCUT2D eigenvalue weighted by Gasteiger charge is 2.40. The molecule has 0 atom stereocenters. The summed E-state index contributed by atoms with van der Waals surface area (Å²) in [6, 6.07) is 16.6. The van der Waals surface area contributed by atoms with Gasteiger partial charge in [-0.3, -0.25) is 9.59 Å². The van der Waals surface area contributed by atoms with Crippen LogP contribution in [-0.2, 0) is 16.2 Å². The normalized spacial score (nSPS) is 17.9. The molecule has 1 aliphatic heterocycles. The van der Waals surface area contributed by atoms with E-state index in [1.807, 2.05) is 12.1 Å². The number of hydrogen-bond donors (Lipinski definition) is 1. The number of Topliss-reactive ketones (excluding diaryl/α,β-unsaturated/α-hetero) is 2. The van der Waals surface area contributed by atoms with Crippen LogP contribution in [0.25, 0.3) is 10.8 Å². The van der Waals surface area contributed by atoms with Gasteiger partial charge in [-0.25, -0.2) is 0 Å². The molecule has 1 N–H and O–H groups in total. The SMILES string of the molecule is COc1cc(C2C3=C(CCCC3=O)NC3=C2C(=O)CCC3)cc(I)c1OCc1c(C)ccc2ccccc12. The smallest absolute Gasteiger partial charge is 0.174 e. The maximum absolute atomic E-state index is 13.2. The van der Waals surface area contributed by atoms with Crippen LogP contribution in [0.1, 0.15) is 61.1 Å². The second-order valence-corrected chi connectivity index (χ2v) is 11.5. The fourth-order valence-corrected chi connectivity index (χ4v) is 6.93. The molecule has 1 heterocycles. The van der Waals surface area contributed by atoms with E-state index in [4.69, 9.17) is 9.47 Å². The summed E-state index contributed by atoms with van der Waals surface area (Å²) < 4.78 is 13.2. The van der Waals surface area contributed by atoms with Gasteiger partial charge in [0.25, 0.3) is 0 Å². The predicted molar refractivity (Wildman–Crippen MR) is 156 cm³/mol. The van der Waals surface area contributed by atoms with Gasteiger partial charge >= 0.3 is 0 Å². The van der Waals surface area contributed by atoms with E-state index < -0.39 is 0 Å². The predicted octanol–water partition coefficient (Wildman–Crippen LogP) is 7.04. The minimum atomic E-state index is -0.362. The zero-order valence-corrected chi connectivity index (χ0v) is 23.8. The number of nitrogens with one attached hydrogen (secondary N) is 1. The van der Waals surface area contributed by atoms with Crippen molar-refractivity contribution < 1.29 is 19.1 Å². The Labute approximate surface area is 236 Å². The Morgan fingerprint density at radius 1 is 0.921 bits per heavy atom. The largest absolute Gasteiger partial charge is 0.493 e. The standard InChI is InChI=1S/C32H30INO4/c1-18-13-14-19-7-3-4-8-21(19)22(18)17-38-32-23(33)15-20(16-28(32)37-2)29-30-24(9-5-11-26(30)35)34-25-10-6-12-27(36)31(25)29/h3-4,7-8,13-16,29,34H,5-6,9-12,17H2,1-2H3. The average molecular weight is 619 g/mol. The fraction of sp³-hybridized carbons (Fsp3) is 0.312. The third-order valence-electron chi connectivity index (χ3n) is 8.01. The first-order valence-corrected chi connectivity index (χ1v) is 14.3. The van der Waals surface area contributed by atoms with Gasteiger partial charge in [0.15, 0.2) is 23.1 Å². The van der Waals surface area contributed by atoms with Crippen LogP contribution in [0.15, 0.2) is 71.1 Å². The molecule has 0 bridgehead atoms. The Morgan fingerprint density at radius 3 is 2.29 bits per heavy atom. The van der Waals surface area contributed by atoms with Crippen LogP contribution < -0.4 is 14.8 Å². The van der Waals surface area contributed by atoms with Crippen molar-refractivity contribution in [1.82, 2.24) is 5.32 Å². The van der Waals surface area contributed by atoms with Gasteiger partial charge in [-0.1, -0.05) is 36.4 Å². The molecule has 0 radical (unpaired) electrons. The molecule has 5 nitrogen and oxygen atoms in total. The molecule has 0 amide bonds. The third kappa shape index (κ3) is 4.32. The minimum absolute atomic E-state index is 0.134. The molecule has 0 fully saturated rings. The molecule has 3 aromatic carbocycles. The van der Waals surface area contributed by atoms with E-state index in [9.17, 15) is 9.59 Å². The first kappa shape index (κ1) is 25.2. The Hall–Kier alpha value is -3.13. The number of halogens is 1. The lowest BCUT2D eigenvalue weighted by Crippen LogP contribution is -2.36. The number of fused-ring (bicyclic) bond motifs is 1. The molecule has 194 valence electrons. The number of allylic oxidation sites excluding steroid dienone is 4. The number of dihydropyridines is 1. The molecule has 3 aliphatic rings. The van der Waals surface area contributed by atoms with Crippen LogP contribution in [0.2, 0.25) is 0 Å². The summed E-state index contributed by atoms with van der Waals surface area (Å²) in [4.78, 5) is 26.4. The lowest BCUT2D eigenvalue weighted by atomic mass is 9.71.